The highest BCUT2D eigenvalue weighted by atomic mass is 32.1. The number of carbonyl (C=O) groups excluding carboxylic acids is 2. The summed E-state index contributed by atoms with van der Waals surface area (Å²) in [4.78, 5) is 54.1. The summed E-state index contributed by atoms with van der Waals surface area (Å²) in [6, 6.07) is 4.70. The Hall–Kier alpha value is -3.80. The Kier molecular flexibility index (Phi) is 7.78. The highest BCUT2D eigenvalue weighted by Gasteiger charge is 2.46. The minimum Gasteiger partial charge on any atom is -0.480 e. The summed E-state index contributed by atoms with van der Waals surface area (Å²) in [5.74, 6) is -0.926. The van der Waals surface area contributed by atoms with Gasteiger partial charge in [0.25, 0.3) is 0 Å². The van der Waals surface area contributed by atoms with Crippen molar-refractivity contribution in [3.05, 3.63) is 35.8 Å². The van der Waals surface area contributed by atoms with E-state index in [0.29, 0.717) is 27.6 Å². The number of carboxylic acid groups (broad SMARTS) is 1. The lowest BCUT2D eigenvalue weighted by Crippen LogP contribution is -2.60. The predicted molar refractivity (Wildman–Crippen MR) is 147 cm³/mol. The van der Waals surface area contributed by atoms with Crippen molar-refractivity contribution >= 4 is 39.5 Å². The maximum atomic E-state index is 13.7. The Morgan fingerprint density at radius 2 is 1.87 bits per heavy atom. The molecule has 3 N–H and O–H groups in total. The number of amides is 3. The topological polar surface area (TPSA) is 147 Å². The third-order valence-electron chi connectivity index (χ3n) is 6.17. The molecule has 3 atom stereocenters. The number of aliphatic carboxylic acids is 1. The van der Waals surface area contributed by atoms with Gasteiger partial charge in [0.2, 0.25) is 11.8 Å². The number of nitrogens with zero attached hydrogens (tertiary/aromatic N) is 4. The molecule has 4 rings (SSSR count). The number of aromatic nitrogens is 3. The van der Waals surface area contributed by atoms with Crippen molar-refractivity contribution in [3.8, 4) is 17.4 Å². The van der Waals surface area contributed by atoms with E-state index in [1.54, 1.807) is 18.3 Å². The molecule has 12 heteroatoms. The fourth-order valence-electron chi connectivity index (χ4n) is 4.37. The summed E-state index contributed by atoms with van der Waals surface area (Å²) in [6.07, 6.45) is 1.09. The lowest BCUT2D eigenvalue weighted by molar-refractivity contribution is -0.150. The van der Waals surface area contributed by atoms with Gasteiger partial charge in [-0.1, -0.05) is 26.8 Å². The van der Waals surface area contributed by atoms with Gasteiger partial charge in [-0.15, -0.1) is 11.3 Å². The summed E-state index contributed by atoms with van der Waals surface area (Å²) in [5.41, 5.74) is -0.608. The Morgan fingerprint density at radius 1 is 1.13 bits per heavy atom. The standard InChI is InChI=1S/C27H34N6O5S/c1-26(2,3)19(29-25(37)32-27(4,5)6)23(34)33-14-15(13-18(33)24(35)36)38-21-16-10-12-39-22(16)31-20(30-21)17-9-7-8-11-28-17/h7-12,15,18-19H,13-14H2,1-6H3,(H,35,36)(H2,29,32,37)/t15-,18?,19-/m1/s1. The largest absolute Gasteiger partial charge is 0.480 e. The van der Waals surface area contributed by atoms with Crippen LogP contribution in [0, 0.1) is 5.41 Å². The summed E-state index contributed by atoms with van der Waals surface area (Å²) in [6.45, 7) is 11.0. The van der Waals surface area contributed by atoms with Crippen molar-refractivity contribution < 1.29 is 24.2 Å². The van der Waals surface area contributed by atoms with Gasteiger partial charge in [-0.05, 0) is 49.8 Å². The first kappa shape index (κ1) is 28.2. The van der Waals surface area contributed by atoms with Crippen LogP contribution >= 0.6 is 11.3 Å². The van der Waals surface area contributed by atoms with Gasteiger partial charge in [-0.3, -0.25) is 9.78 Å². The van der Waals surface area contributed by atoms with Crippen molar-refractivity contribution in [3.63, 3.8) is 0 Å². The molecule has 0 saturated carbocycles. The summed E-state index contributed by atoms with van der Waals surface area (Å²) < 4.78 is 6.25. The molecule has 3 amide bonds. The number of likely N-dealkylation sites (tertiary alicyclic amines) is 1. The van der Waals surface area contributed by atoms with E-state index in [1.165, 1.54) is 16.2 Å². The Bertz CT molecular complexity index is 1360. The maximum Gasteiger partial charge on any atom is 0.326 e. The van der Waals surface area contributed by atoms with Crippen molar-refractivity contribution in [2.45, 2.75) is 71.7 Å². The average molecular weight is 555 g/mol. The number of ether oxygens (including phenoxy) is 1. The molecule has 1 aliphatic heterocycles. The number of thiophene rings is 1. The van der Waals surface area contributed by atoms with E-state index < -0.39 is 47.0 Å². The SMILES string of the molecule is CC(C)(C)NC(=O)N[C@H](C(=O)N1C[C@H](Oc2nc(-c3ccccn3)nc3sccc23)CC1C(=O)O)C(C)(C)C. The van der Waals surface area contributed by atoms with Crippen molar-refractivity contribution in [1.29, 1.82) is 0 Å². The lowest BCUT2D eigenvalue weighted by Gasteiger charge is -2.35. The second-order valence-corrected chi connectivity index (χ2v) is 12.6. The predicted octanol–water partition coefficient (Wildman–Crippen LogP) is 3.70. The average Bonchev–Trinajstić information content (AvgIpc) is 3.48. The Morgan fingerprint density at radius 3 is 2.49 bits per heavy atom. The number of pyridine rings is 1. The molecule has 1 fully saturated rings. The van der Waals surface area contributed by atoms with Gasteiger partial charge in [0, 0.05) is 18.2 Å². The summed E-state index contributed by atoms with van der Waals surface area (Å²) in [7, 11) is 0. The van der Waals surface area contributed by atoms with Gasteiger partial charge in [-0.2, -0.15) is 4.98 Å². The molecule has 0 aliphatic carbocycles. The van der Waals surface area contributed by atoms with Gasteiger partial charge in [0.05, 0.1) is 11.9 Å². The van der Waals surface area contributed by atoms with Crippen LogP contribution < -0.4 is 15.4 Å². The maximum absolute atomic E-state index is 13.7. The molecule has 0 radical (unpaired) electrons. The van der Waals surface area contributed by atoms with Crippen LogP contribution in [0.15, 0.2) is 35.8 Å². The molecule has 0 aromatic carbocycles. The van der Waals surface area contributed by atoms with Crippen LogP contribution in [0.3, 0.4) is 0 Å². The third-order valence-corrected chi connectivity index (χ3v) is 6.98. The van der Waals surface area contributed by atoms with Crippen LogP contribution in [0.4, 0.5) is 4.79 Å². The van der Waals surface area contributed by atoms with Crippen LogP contribution in [0.2, 0.25) is 0 Å². The van der Waals surface area contributed by atoms with Crippen LogP contribution in [0.1, 0.15) is 48.0 Å². The summed E-state index contributed by atoms with van der Waals surface area (Å²) >= 11 is 1.43. The number of rotatable bonds is 6. The molecule has 0 spiro atoms. The van der Waals surface area contributed by atoms with E-state index >= 15 is 0 Å². The first-order chi connectivity index (χ1) is 18.2. The van der Waals surface area contributed by atoms with E-state index in [1.807, 2.05) is 59.1 Å². The second-order valence-electron chi connectivity index (χ2n) is 11.7. The van der Waals surface area contributed by atoms with E-state index in [4.69, 9.17) is 4.74 Å². The van der Waals surface area contributed by atoms with Crippen LogP contribution in [-0.2, 0) is 9.59 Å². The molecule has 1 unspecified atom stereocenters. The molecule has 11 nitrogen and oxygen atoms in total. The van der Waals surface area contributed by atoms with Gasteiger partial charge in [-0.25, -0.2) is 14.6 Å². The normalized spacial score (nSPS) is 18.6. The fraction of sp³-hybridized carbons (Fsp3) is 0.481. The van der Waals surface area contributed by atoms with Crippen molar-refractivity contribution in [2.24, 2.45) is 5.41 Å². The minimum absolute atomic E-state index is 0.0273. The fourth-order valence-corrected chi connectivity index (χ4v) is 5.12. The second kappa shape index (κ2) is 10.8. The molecule has 1 saturated heterocycles. The smallest absolute Gasteiger partial charge is 0.326 e. The zero-order valence-corrected chi connectivity index (χ0v) is 23.7. The molecule has 4 heterocycles. The number of hydrogen-bond donors (Lipinski definition) is 3. The number of carbonyl (C=O) groups is 3. The summed E-state index contributed by atoms with van der Waals surface area (Å²) in [5, 5.41) is 18.1. The van der Waals surface area contributed by atoms with E-state index in [-0.39, 0.29) is 13.0 Å². The zero-order chi connectivity index (χ0) is 28.5. The van der Waals surface area contributed by atoms with Crippen LogP contribution in [-0.4, -0.2) is 73.1 Å². The minimum atomic E-state index is -1.14. The Labute approximate surface area is 231 Å². The molecule has 0 bridgehead atoms. The number of urea groups is 1. The van der Waals surface area contributed by atoms with Gasteiger partial charge in [0.1, 0.15) is 28.7 Å². The quantitative estimate of drug-likeness (QED) is 0.418. The van der Waals surface area contributed by atoms with Crippen molar-refractivity contribution in [1.82, 2.24) is 30.5 Å². The molecule has 3 aromatic rings. The molecular weight excluding hydrogens is 520 g/mol. The monoisotopic (exact) mass is 554 g/mol. The number of fused-ring (bicyclic) bond motifs is 1. The first-order valence-electron chi connectivity index (χ1n) is 12.7. The highest BCUT2D eigenvalue weighted by molar-refractivity contribution is 7.16. The zero-order valence-electron chi connectivity index (χ0n) is 22.9. The van der Waals surface area contributed by atoms with Crippen LogP contribution in [0.25, 0.3) is 21.7 Å². The number of hydrogen-bond acceptors (Lipinski definition) is 8. The van der Waals surface area contributed by atoms with Crippen LogP contribution in [0.5, 0.6) is 5.88 Å². The van der Waals surface area contributed by atoms with Gasteiger partial charge >= 0.3 is 12.0 Å². The highest BCUT2D eigenvalue weighted by Crippen LogP contribution is 2.33. The van der Waals surface area contributed by atoms with Gasteiger partial charge in [0.15, 0.2) is 5.82 Å². The lowest BCUT2D eigenvalue weighted by atomic mass is 9.85. The Balaban J connectivity index is 1.59. The number of nitrogens with one attached hydrogen (secondary N) is 2. The van der Waals surface area contributed by atoms with Crippen molar-refractivity contribution in [2.75, 3.05) is 6.54 Å². The first-order valence-corrected chi connectivity index (χ1v) is 13.6. The molecule has 39 heavy (non-hydrogen) atoms. The molecule has 1 aliphatic rings. The van der Waals surface area contributed by atoms with E-state index in [9.17, 15) is 19.5 Å². The molecular formula is C27H34N6O5S. The molecule has 3 aromatic heterocycles. The third kappa shape index (κ3) is 6.62. The molecule has 208 valence electrons. The van der Waals surface area contributed by atoms with E-state index in [0.717, 1.165) is 0 Å². The van der Waals surface area contributed by atoms with Gasteiger partial charge < -0.3 is 25.4 Å². The number of carboxylic acids is 1. The van der Waals surface area contributed by atoms with E-state index in [2.05, 4.69) is 25.6 Å².